The normalized spacial score (nSPS) is 12.7. The lowest BCUT2D eigenvalue weighted by atomic mass is 10.1. The molecule has 1 N–H and O–H groups in total. The van der Waals surface area contributed by atoms with Gasteiger partial charge in [0.1, 0.15) is 5.82 Å². The zero-order valence-corrected chi connectivity index (χ0v) is 12.0. The molecule has 0 saturated carbocycles. The standard InChI is InChI=1S/C13H13BrFNS/c1-8-7-10(14)13(17-8)12(16-2)9-5-3-4-6-11(9)15/h3-7,12,16H,1-2H3. The highest BCUT2D eigenvalue weighted by Crippen LogP contribution is 2.36. The van der Waals surface area contributed by atoms with Gasteiger partial charge in [-0.05, 0) is 42.0 Å². The van der Waals surface area contributed by atoms with Crippen LogP contribution in [0.3, 0.4) is 0 Å². The first-order chi connectivity index (χ1) is 8.13. The van der Waals surface area contributed by atoms with Crippen molar-refractivity contribution in [3.63, 3.8) is 0 Å². The summed E-state index contributed by atoms with van der Waals surface area (Å²) in [7, 11) is 1.85. The Labute approximate surface area is 113 Å². The molecular weight excluding hydrogens is 301 g/mol. The molecule has 0 amide bonds. The number of halogens is 2. The van der Waals surface area contributed by atoms with Crippen molar-refractivity contribution in [2.45, 2.75) is 13.0 Å². The molecule has 0 bridgehead atoms. The average Bonchev–Trinajstić information content (AvgIpc) is 2.62. The molecule has 1 heterocycles. The van der Waals surface area contributed by atoms with Crippen molar-refractivity contribution in [3.05, 3.63) is 55.9 Å². The minimum Gasteiger partial charge on any atom is -0.309 e. The SMILES string of the molecule is CNC(c1ccccc1F)c1sc(C)cc1Br. The Morgan fingerprint density at radius 3 is 2.59 bits per heavy atom. The summed E-state index contributed by atoms with van der Waals surface area (Å²) in [5.41, 5.74) is 0.678. The molecule has 17 heavy (non-hydrogen) atoms. The van der Waals surface area contributed by atoms with Crippen LogP contribution >= 0.6 is 27.3 Å². The lowest BCUT2D eigenvalue weighted by Crippen LogP contribution is -2.18. The van der Waals surface area contributed by atoms with E-state index < -0.39 is 0 Å². The second kappa shape index (κ2) is 5.29. The summed E-state index contributed by atoms with van der Waals surface area (Å²) in [6, 6.07) is 8.83. The van der Waals surface area contributed by atoms with E-state index in [0.717, 1.165) is 9.35 Å². The molecule has 1 aromatic heterocycles. The van der Waals surface area contributed by atoms with Crippen LogP contribution in [0.25, 0.3) is 0 Å². The van der Waals surface area contributed by atoms with E-state index in [9.17, 15) is 4.39 Å². The van der Waals surface area contributed by atoms with Crippen LogP contribution in [0.4, 0.5) is 4.39 Å². The van der Waals surface area contributed by atoms with Gasteiger partial charge >= 0.3 is 0 Å². The largest absolute Gasteiger partial charge is 0.309 e. The van der Waals surface area contributed by atoms with Gasteiger partial charge in [0.15, 0.2) is 0 Å². The lowest BCUT2D eigenvalue weighted by Gasteiger charge is -2.16. The highest BCUT2D eigenvalue weighted by molar-refractivity contribution is 9.10. The number of thiophene rings is 1. The number of hydrogen-bond acceptors (Lipinski definition) is 2. The van der Waals surface area contributed by atoms with Crippen LogP contribution in [-0.4, -0.2) is 7.05 Å². The van der Waals surface area contributed by atoms with Crippen LogP contribution in [0.5, 0.6) is 0 Å². The molecule has 1 unspecified atom stereocenters. The number of hydrogen-bond donors (Lipinski definition) is 1. The van der Waals surface area contributed by atoms with E-state index in [0.29, 0.717) is 5.56 Å². The van der Waals surface area contributed by atoms with Crippen LogP contribution in [0.15, 0.2) is 34.8 Å². The third-order valence-electron chi connectivity index (χ3n) is 2.60. The van der Waals surface area contributed by atoms with E-state index in [4.69, 9.17) is 0 Å². The zero-order chi connectivity index (χ0) is 12.4. The Bertz CT molecular complexity index is 524. The zero-order valence-electron chi connectivity index (χ0n) is 9.63. The van der Waals surface area contributed by atoms with Crippen LogP contribution in [-0.2, 0) is 0 Å². The van der Waals surface area contributed by atoms with Crippen molar-refractivity contribution >= 4 is 27.3 Å². The maximum Gasteiger partial charge on any atom is 0.128 e. The van der Waals surface area contributed by atoms with Gasteiger partial charge in [-0.15, -0.1) is 11.3 Å². The number of nitrogens with one attached hydrogen (secondary N) is 1. The van der Waals surface area contributed by atoms with E-state index in [1.807, 2.05) is 26.1 Å². The topological polar surface area (TPSA) is 12.0 Å². The summed E-state index contributed by atoms with van der Waals surface area (Å²) in [5, 5.41) is 3.17. The Kier molecular flexibility index (Phi) is 3.97. The van der Waals surface area contributed by atoms with Gasteiger partial charge in [0.05, 0.1) is 6.04 Å². The summed E-state index contributed by atoms with van der Waals surface area (Å²) in [4.78, 5) is 2.32. The first-order valence-electron chi connectivity index (χ1n) is 5.31. The Morgan fingerprint density at radius 2 is 2.06 bits per heavy atom. The molecular formula is C13H13BrFNS. The Balaban J connectivity index is 2.47. The summed E-state index contributed by atoms with van der Waals surface area (Å²) < 4.78 is 14.8. The van der Waals surface area contributed by atoms with E-state index in [1.54, 1.807) is 17.4 Å². The average molecular weight is 314 g/mol. The second-order valence-corrected chi connectivity index (χ2v) is 5.95. The fraction of sp³-hybridized carbons (Fsp3) is 0.231. The monoisotopic (exact) mass is 313 g/mol. The van der Waals surface area contributed by atoms with Gasteiger partial charge in [0.25, 0.3) is 0 Å². The molecule has 1 nitrogen and oxygen atoms in total. The van der Waals surface area contributed by atoms with Crippen LogP contribution in [0, 0.1) is 12.7 Å². The van der Waals surface area contributed by atoms with E-state index >= 15 is 0 Å². The summed E-state index contributed by atoms with van der Waals surface area (Å²) in [6.07, 6.45) is 0. The van der Waals surface area contributed by atoms with Gasteiger partial charge in [-0.2, -0.15) is 0 Å². The summed E-state index contributed by atoms with van der Waals surface area (Å²) >= 11 is 5.20. The minimum absolute atomic E-state index is 0.107. The number of aryl methyl sites for hydroxylation is 1. The van der Waals surface area contributed by atoms with Gasteiger partial charge in [0, 0.05) is 19.8 Å². The van der Waals surface area contributed by atoms with Crippen molar-refractivity contribution in [1.82, 2.24) is 5.32 Å². The second-order valence-electron chi connectivity index (χ2n) is 3.81. The number of benzene rings is 1. The number of rotatable bonds is 3. The van der Waals surface area contributed by atoms with E-state index in [2.05, 4.69) is 27.3 Å². The smallest absolute Gasteiger partial charge is 0.128 e. The molecule has 0 spiro atoms. The first-order valence-corrected chi connectivity index (χ1v) is 6.92. The molecule has 0 aliphatic carbocycles. The molecule has 0 aliphatic rings. The van der Waals surface area contributed by atoms with E-state index in [1.165, 1.54) is 10.9 Å². The summed E-state index contributed by atoms with van der Waals surface area (Å²) in [5.74, 6) is -0.176. The van der Waals surface area contributed by atoms with Gasteiger partial charge in [-0.3, -0.25) is 0 Å². The fourth-order valence-corrected chi connectivity index (χ4v) is 3.84. The van der Waals surface area contributed by atoms with Crippen molar-refractivity contribution in [2.75, 3.05) is 7.05 Å². The molecule has 90 valence electrons. The van der Waals surface area contributed by atoms with Crippen LogP contribution in [0.2, 0.25) is 0 Å². The van der Waals surface area contributed by atoms with Crippen molar-refractivity contribution in [3.8, 4) is 0 Å². The molecule has 2 rings (SSSR count). The van der Waals surface area contributed by atoms with Gasteiger partial charge < -0.3 is 5.32 Å². The van der Waals surface area contributed by atoms with Crippen LogP contribution in [0.1, 0.15) is 21.4 Å². The highest BCUT2D eigenvalue weighted by Gasteiger charge is 2.20. The minimum atomic E-state index is -0.176. The molecule has 0 radical (unpaired) electrons. The molecule has 1 aromatic carbocycles. The van der Waals surface area contributed by atoms with Gasteiger partial charge in [-0.1, -0.05) is 18.2 Å². The Morgan fingerprint density at radius 1 is 1.35 bits per heavy atom. The van der Waals surface area contributed by atoms with Crippen molar-refractivity contribution in [2.24, 2.45) is 0 Å². The van der Waals surface area contributed by atoms with Crippen molar-refractivity contribution in [1.29, 1.82) is 0 Å². The first kappa shape index (κ1) is 12.7. The van der Waals surface area contributed by atoms with Crippen molar-refractivity contribution < 1.29 is 4.39 Å². The molecule has 2 aromatic rings. The van der Waals surface area contributed by atoms with Gasteiger partial charge in [0.2, 0.25) is 0 Å². The lowest BCUT2D eigenvalue weighted by molar-refractivity contribution is 0.579. The molecule has 0 saturated heterocycles. The van der Waals surface area contributed by atoms with Gasteiger partial charge in [-0.25, -0.2) is 4.39 Å². The highest BCUT2D eigenvalue weighted by atomic mass is 79.9. The van der Waals surface area contributed by atoms with Crippen LogP contribution < -0.4 is 5.32 Å². The van der Waals surface area contributed by atoms with E-state index in [-0.39, 0.29) is 11.9 Å². The third-order valence-corrected chi connectivity index (χ3v) is 4.64. The molecule has 4 heteroatoms. The molecule has 0 fully saturated rings. The molecule has 1 atom stereocenters. The fourth-order valence-electron chi connectivity index (χ4n) is 1.84. The predicted octanol–water partition coefficient (Wildman–Crippen LogP) is 4.27. The maximum absolute atomic E-state index is 13.8. The maximum atomic E-state index is 13.8. The molecule has 0 aliphatic heterocycles. The Hall–Kier alpha value is -0.710. The quantitative estimate of drug-likeness (QED) is 0.892. The predicted molar refractivity (Wildman–Crippen MR) is 74.1 cm³/mol. The third kappa shape index (κ3) is 2.59. The summed E-state index contributed by atoms with van der Waals surface area (Å²) in [6.45, 7) is 2.05.